The fourth-order valence-electron chi connectivity index (χ4n) is 0.696. The van der Waals surface area contributed by atoms with Crippen LogP contribution >= 0.6 is 12.0 Å². The van der Waals surface area contributed by atoms with Crippen molar-refractivity contribution in [3.63, 3.8) is 0 Å². The van der Waals surface area contributed by atoms with Gasteiger partial charge in [-0.2, -0.15) is 0 Å². The van der Waals surface area contributed by atoms with Crippen molar-refractivity contribution in [2.45, 2.75) is 4.90 Å². The molecule has 64 valence electrons. The minimum atomic E-state index is 0.684. The van der Waals surface area contributed by atoms with E-state index in [9.17, 15) is 0 Å². The highest BCUT2D eigenvalue weighted by Crippen LogP contribution is 2.18. The quantitative estimate of drug-likeness (QED) is 0.290. The van der Waals surface area contributed by atoms with Crippen LogP contribution in [0.2, 0.25) is 0 Å². The second kappa shape index (κ2) is 4.76. The Labute approximate surface area is 74.1 Å². The van der Waals surface area contributed by atoms with E-state index in [1.165, 1.54) is 6.34 Å². The summed E-state index contributed by atoms with van der Waals surface area (Å²) >= 11 is 0.684. The number of benzene rings is 1. The van der Waals surface area contributed by atoms with Gasteiger partial charge in [-0.25, -0.2) is 4.99 Å². The average Bonchev–Trinajstić information content (AvgIpc) is 2.15. The van der Waals surface area contributed by atoms with Crippen molar-refractivity contribution >= 4 is 24.1 Å². The SMILES string of the molecule is ONC=Nc1ccc(SO)cc1. The molecule has 0 unspecified atom stereocenters. The zero-order valence-electron chi connectivity index (χ0n) is 6.14. The molecule has 0 aliphatic carbocycles. The second-order valence-corrected chi connectivity index (χ2v) is 2.63. The van der Waals surface area contributed by atoms with E-state index in [-0.39, 0.29) is 0 Å². The van der Waals surface area contributed by atoms with Gasteiger partial charge in [-0.05, 0) is 24.3 Å². The second-order valence-electron chi connectivity index (χ2n) is 1.97. The van der Waals surface area contributed by atoms with Gasteiger partial charge in [0.15, 0.2) is 0 Å². The molecule has 0 atom stereocenters. The molecule has 1 rings (SSSR count). The molecule has 0 bridgehead atoms. The number of hydrogen-bond donors (Lipinski definition) is 3. The molecule has 5 heteroatoms. The van der Waals surface area contributed by atoms with Crippen molar-refractivity contribution in [3.8, 4) is 0 Å². The molecule has 0 aliphatic heterocycles. The van der Waals surface area contributed by atoms with E-state index in [4.69, 9.17) is 9.76 Å². The van der Waals surface area contributed by atoms with Crippen molar-refractivity contribution in [1.82, 2.24) is 5.48 Å². The van der Waals surface area contributed by atoms with E-state index < -0.39 is 0 Å². The highest BCUT2D eigenvalue weighted by atomic mass is 32.2. The third kappa shape index (κ3) is 2.54. The number of aliphatic imine (C=N–C) groups is 1. The molecular weight excluding hydrogens is 176 g/mol. The Hall–Kier alpha value is -1.04. The maximum atomic E-state index is 8.63. The van der Waals surface area contributed by atoms with Crippen LogP contribution in [0.3, 0.4) is 0 Å². The summed E-state index contributed by atoms with van der Waals surface area (Å²) in [6.07, 6.45) is 1.17. The van der Waals surface area contributed by atoms with Gasteiger partial charge in [-0.15, -0.1) is 0 Å². The third-order valence-corrected chi connectivity index (χ3v) is 1.70. The largest absolute Gasteiger partial charge is 0.325 e. The zero-order chi connectivity index (χ0) is 8.81. The van der Waals surface area contributed by atoms with Crippen LogP contribution in [0.5, 0.6) is 0 Å². The zero-order valence-corrected chi connectivity index (χ0v) is 6.95. The Kier molecular flexibility index (Phi) is 3.59. The predicted molar refractivity (Wildman–Crippen MR) is 48.0 cm³/mol. The summed E-state index contributed by atoms with van der Waals surface area (Å²) in [5.41, 5.74) is 2.50. The van der Waals surface area contributed by atoms with E-state index >= 15 is 0 Å². The van der Waals surface area contributed by atoms with E-state index in [0.29, 0.717) is 17.7 Å². The Balaban J connectivity index is 2.71. The summed E-state index contributed by atoms with van der Waals surface area (Å²) in [7, 11) is 0. The normalized spacial score (nSPS) is 10.5. The molecule has 0 radical (unpaired) electrons. The maximum Gasteiger partial charge on any atom is 0.113 e. The average molecular weight is 184 g/mol. The summed E-state index contributed by atoms with van der Waals surface area (Å²) in [4.78, 5) is 4.58. The van der Waals surface area contributed by atoms with E-state index in [1.54, 1.807) is 29.7 Å². The van der Waals surface area contributed by atoms with Gasteiger partial charge in [-0.1, -0.05) is 0 Å². The first kappa shape index (κ1) is 9.05. The summed E-state index contributed by atoms with van der Waals surface area (Å²) < 4.78 is 8.63. The first-order valence-electron chi connectivity index (χ1n) is 3.20. The Morgan fingerprint density at radius 2 is 2.00 bits per heavy atom. The number of nitrogens with one attached hydrogen (secondary N) is 1. The van der Waals surface area contributed by atoms with Gasteiger partial charge in [0, 0.05) is 16.9 Å². The van der Waals surface area contributed by atoms with Gasteiger partial charge in [-0.3, -0.25) is 10.7 Å². The lowest BCUT2D eigenvalue weighted by Gasteiger charge is -1.94. The molecule has 0 aromatic heterocycles. The molecule has 1 aromatic rings. The fraction of sp³-hybridized carbons (Fsp3) is 0. The van der Waals surface area contributed by atoms with Crippen LogP contribution in [0.25, 0.3) is 0 Å². The molecule has 12 heavy (non-hydrogen) atoms. The van der Waals surface area contributed by atoms with Crippen molar-refractivity contribution < 1.29 is 9.76 Å². The van der Waals surface area contributed by atoms with Gasteiger partial charge in [0.25, 0.3) is 0 Å². The van der Waals surface area contributed by atoms with Gasteiger partial charge in [0.2, 0.25) is 0 Å². The lowest BCUT2D eigenvalue weighted by atomic mass is 10.3. The third-order valence-electron chi connectivity index (χ3n) is 1.21. The summed E-state index contributed by atoms with van der Waals surface area (Å²) in [5.74, 6) is 0. The van der Waals surface area contributed by atoms with Crippen LogP contribution in [0.4, 0.5) is 5.69 Å². The Morgan fingerprint density at radius 1 is 1.33 bits per heavy atom. The minimum absolute atomic E-state index is 0.684. The minimum Gasteiger partial charge on any atom is -0.325 e. The molecule has 0 spiro atoms. The summed E-state index contributed by atoms with van der Waals surface area (Å²) in [6.45, 7) is 0. The molecule has 0 saturated heterocycles. The van der Waals surface area contributed by atoms with Crippen molar-refractivity contribution in [2.75, 3.05) is 0 Å². The Bertz CT molecular complexity index is 261. The maximum absolute atomic E-state index is 8.63. The van der Waals surface area contributed by atoms with Crippen LogP contribution in [0.1, 0.15) is 0 Å². The van der Waals surface area contributed by atoms with Crippen LogP contribution in [0.15, 0.2) is 34.2 Å². The lowest BCUT2D eigenvalue weighted by Crippen LogP contribution is -2.00. The Morgan fingerprint density at radius 3 is 2.50 bits per heavy atom. The number of hydroxylamine groups is 1. The molecule has 0 aliphatic rings. The predicted octanol–water partition coefficient (Wildman–Crippen LogP) is 1.89. The van der Waals surface area contributed by atoms with Gasteiger partial charge in [0.05, 0.1) is 5.69 Å². The fourth-order valence-corrected chi connectivity index (χ4v) is 0.954. The van der Waals surface area contributed by atoms with E-state index in [2.05, 4.69) is 4.99 Å². The highest BCUT2D eigenvalue weighted by Gasteiger charge is 1.90. The van der Waals surface area contributed by atoms with Crippen LogP contribution in [-0.4, -0.2) is 16.1 Å². The first-order chi connectivity index (χ1) is 5.86. The molecule has 0 amide bonds. The van der Waals surface area contributed by atoms with Crippen LogP contribution < -0.4 is 5.48 Å². The number of rotatable bonds is 3. The molecule has 1 aromatic carbocycles. The number of nitrogens with zero attached hydrogens (tertiary/aromatic N) is 1. The van der Waals surface area contributed by atoms with Crippen LogP contribution in [-0.2, 0) is 0 Å². The molecule has 4 nitrogen and oxygen atoms in total. The van der Waals surface area contributed by atoms with Gasteiger partial charge in [0.1, 0.15) is 6.34 Å². The first-order valence-corrected chi connectivity index (χ1v) is 3.98. The van der Waals surface area contributed by atoms with Crippen molar-refractivity contribution in [2.24, 2.45) is 4.99 Å². The summed E-state index contributed by atoms with van der Waals surface area (Å²) in [5, 5.41) is 8.18. The molecular formula is C7H8N2O2S. The summed E-state index contributed by atoms with van der Waals surface area (Å²) in [6, 6.07) is 6.92. The topological polar surface area (TPSA) is 64.8 Å². The van der Waals surface area contributed by atoms with Crippen molar-refractivity contribution in [3.05, 3.63) is 24.3 Å². The van der Waals surface area contributed by atoms with Crippen molar-refractivity contribution in [1.29, 1.82) is 0 Å². The monoisotopic (exact) mass is 184 g/mol. The van der Waals surface area contributed by atoms with Crippen LogP contribution in [0, 0.1) is 0 Å². The van der Waals surface area contributed by atoms with E-state index in [1.807, 2.05) is 0 Å². The standard InChI is InChI=1S/C7H8N2O2S/c10-9-5-8-6-1-3-7(12-11)4-2-6/h1-5,10-11H,(H,8,9). The molecule has 0 saturated carbocycles. The number of hydrogen-bond acceptors (Lipinski definition) is 4. The highest BCUT2D eigenvalue weighted by molar-refractivity contribution is 7.93. The molecule has 3 N–H and O–H groups in total. The molecule has 0 heterocycles. The van der Waals surface area contributed by atoms with E-state index in [0.717, 1.165) is 4.90 Å². The van der Waals surface area contributed by atoms with Gasteiger partial charge < -0.3 is 4.55 Å². The lowest BCUT2D eigenvalue weighted by molar-refractivity contribution is 0.240. The smallest absolute Gasteiger partial charge is 0.113 e. The molecule has 0 fully saturated rings. The van der Waals surface area contributed by atoms with Gasteiger partial charge >= 0.3 is 0 Å².